The molecule has 0 aromatic heterocycles. The molecule has 2 rings (SSSR count). The van der Waals surface area contributed by atoms with Crippen molar-refractivity contribution in [2.45, 2.75) is 58.3 Å². The van der Waals surface area contributed by atoms with E-state index < -0.39 is 20.5 Å². The maximum atomic E-state index is 10.9. The highest BCUT2D eigenvalue weighted by Gasteiger charge is 2.50. The molecule has 0 saturated carbocycles. The monoisotopic (exact) mass is 426 g/mol. The highest BCUT2D eigenvalue weighted by Crippen LogP contribution is 2.37. The molecule has 0 aliphatic heterocycles. The van der Waals surface area contributed by atoms with E-state index in [1.807, 2.05) is 26.0 Å². The van der Waals surface area contributed by atoms with Gasteiger partial charge in [0.2, 0.25) is 0 Å². The number of hydrogen-bond acceptors (Lipinski definition) is 3. The SMILES string of the molecule is C=CC[C@@H](O)[C@H](C)[C@H](O)[C@@H](C)CO[Si](c1ccccc1)(c1ccccc1)C(C)(C)C. The van der Waals surface area contributed by atoms with Gasteiger partial charge in [-0.15, -0.1) is 6.58 Å². The van der Waals surface area contributed by atoms with Crippen molar-refractivity contribution < 1.29 is 14.6 Å². The van der Waals surface area contributed by atoms with Gasteiger partial charge in [0.05, 0.1) is 12.2 Å². The lowest BCUT2D eigenvalue weighted by Crippen LogP contribution is -2.67. The molecule has 2 aromatic rings. The summed E-state index contributed by atoms with van der Waals surface area (Å²) in [6.07, 6.45) is 0.906. The third-order valence-corrected chi connectivity index (χ3v) is 11.1. The topological polar surface area (TPSA) is 49.7 Å². The van der Waals surface area contributed by atoms with Gasteiger partial charge in [-0.25, -0.2) is 0 Å². The Morgan fingerprint density at radius 2 is 1.40 bits per heavy atom. The van der Waals surface area contributed by atoms with Crippen LogP contribution >= 0.6 is 0 Å². The van der Waals surface area contributed by atoms with Gasteiger partial charge >= 0.3 is 0 Å². The van der Waals surface area contributed by atoms with E-state index in [0.717, 1.165) is 0 Å². The molecular formula is C26H38O3Si. The fourth-order valence-electron chi connectivity index (χ4n) is 4.25. The van der Waals surface area contributed by atoms with Crippen molar-refractivity contribution >= 4 is 18.7 Å². The van der Waals surface area contributed by atoms with Crippen LogP contribution < -0.4 is 10.4 Å². The smallest absolute Gasteiger partial charge is 0.261 e. The van der Waals surface area contributed by atoms with Crippen molar-refractivity contribution in [3.05, 3.63) is 73.3 Å². The summed E-state index contributed by atoms with van der Waals surface area (Å²) in [5.41, 5.74) is 0. The molecule has 2 aromatic carbocycles. The Balaban J connectivity index is 2.38. The van der Waals surface area contributed by atoms with Crippen molar-refractivity contribution in [3.8, 4) is 0 Å². The average molecular weight is 427 g/mol. The molecule has 164 valence electrons. The summed E-state index contributed by atoms with van der Waals surface area (Å²) >= 11 is 0. The highest BCUT2D eigenvalue weighted by molar-refractivity contribution is 6.99. The minimum absolute atomic E-state index is 0.103. The summed E-state index contributed by atoms with van der Waals surface area (Å²) in [6, 6.07) is 21.0. The van der Waals surface area contributed by atoms with Gasteiger partial charge in [-0.3, -0.25) is 0 Å². The molecule has 0 amide bonds. The number of hydrogen-bond donors (Lipinski definition) is 2. The van der Waals surface area contributed by atoms with Gasteiger partial charge in [-0.05, 0) is 21.8 Å². The first-order valence-electron chi connectivity index (χ1n) is 10.9. The quantitative estimate of drug-likeness (QED) is 0.444. The van der Waals surface area contributed by atoms with Gasteiger partial charge in [0.15, 0.2) is 0 Å². The number of aliphatic hydroxyl groups excluding tert-OH is 2. The second-order valence-electron chi connectivity index (χ2n) is 9.39. The van der Waals surface area contributed by atoms with Crippen LogP contribution in [0, 0.1) is 11.8 Å². The summed E-state index contributed by atoms with van der Waals surface area (Å²) in [5, 5.41) is 23.5. The Kier molecular flexibility index (Phi) is 8.62. The Labute approximate surface area is 183 Å². The molecule has 0 unspecified atom stereocenters. The number of aliphatic hydroxyl groups is 2. The minimum Gasteiger partial charge on any atom is -0.407 e. The third-order valence-electron chi connectivity index (χ3n) is 6.12. The van der Waals surface area contributed by atoms with E-state index in [9.17, 15) is 10.2 Å². The predicted octanol–water partition coefficient (Wildman–Crippen LogP) is 4.13. The van der Waals surface area contributed by atoms with Gasteiger partial charge in [0.25, 0.3) is 8.32 Å². The Morgan fingerprint density at radius 1 is 0.933 bits per heavy atom. The molecule has 4 heteroatoms. The van der Waals surface area contributed by atoms with E-state index in [1.165, 1.54) is 10.4 Å². The predicted molar refractivity (Wildman–Crippen MR) is 129 cm³/mol. The molecule has 0 aliphatic rings. The van der Waals surface area contributed by atoms with Gasteiger partial charge in [-0.2, -0.15) is 0 Å². The molecule has 0 aliphatic carbocycles. The summed E-state index contributed by atoms with van der Waals surface area (Å²) in [4.78, 5) is 0. The van der Waals surface area contributed by atoms with E-state index in [1.54, 1.807) is 6.08 Å². The lowest BCUT2D eigenvalue weighted by atomic mass is 9.88. The first-order valence-corrected chi connectivity index (χ1v) is 12.8. The molecule has 0 radical (unpaired) electrons. The van der Waals surface area contributed by atoms with Gasteiger partial charge in [0, 0.05) is 18.4 Å². The minimum atomic E-state index is -2.62. The molecule has 0 bridgehead atoms. The van der Waals surface area contributed by atoms with Gasteiger partial charge in [0.1, 0.15) is 0 Å². The maximum Gasteiger partial charge on any atom is 0.261 e. The molecular weight excluding hydrogens is 388 g/mol. The number of benzene rings is 2. The van der Waals surface area contributed by atoms with Crippen LogP contribution in [0.1, 0.15) is 41.0 Å². The normalized spacial score (nSPS) is 16.5. The summed E-state index contributed by atoms with van der Waals surface area (Å²) in [6.45, 7) is 14.7. The van der Waals surface area contributed by atoms with Crippen LogP contribution in [0.3, 0.4) is 0 Å². The van der Waals surface area contributed by atoms with Crippen molar-refractivity contribution in [1.29, 1.82) is 0 Å². The highest BCUT2D eigenvalue weighted by atomic mass is 28.4. The zero-order valence-corrected chi connectivity index (χ0v) is 20.1. The van der Waals surface area contributed by atoms with Crippen LogP contribution in [0.4, 0.5) is 0 Å². The van der Waals surface area contributed by atoms with Crippen LogP contribution in [0.15, 0.2) is 73.3 Å². The first kappa shape index (κ1) is 24.5. The summed E-state index contributed by atoms with van der Waals surface area (Å²) in [7, 11) is -2.62. The summed E-state index contributed by atoms with van der Waals surface area (Å²) in [5.74, 6) is -0.359. The second kappa shape index (κ2) is 10.5. The van der Waals surface area contributed by atoms with Crippen LogP contribution in [-0.2, 0) is 4.43 Å². The average Bonchev–Trinajstić information content (AvgIpc) is 2.73. The molecule has 30 heavy (non-hydrogen) atoms. The van der Waals surface area contributed by atoms with Crippen molar-refractivity contribution in [1.82, 2.24) is 0 Å². The van der Waals surface area contributed by atoms with Crippen LogP contribution in [0.2, 0.25) is 5.04 Å². The number of rotatable bonds is 10. The molecule has 3 nitrogen and oxygen atoms in total. The van der Waals surface area contributed by atoms with Crippen molar-refractivity contribution in [2.24, 2.45) is 11.8 Å². The zero-order valence-electron chi connectivity index (χ0n) is 19.1. The molecule has 4 atom stereocenters. The van der Waals surface area contributed by atoms with Gasteiger partial charge < -0.3 is 14.6 Å². The van der Waals surface area contributed by atoms with E-state index in [0.29, 0.717) is 13.0 Å². The lowest BCUT2D eigenvalue weighted by Gasteiger charge is -2.44. The lowest BCUT2D eigenvalue weighted by molar-refractivity contribution is -0.0162. The van der Waals surface area contributed by atoms with Crippen molar-refractivity contribution in [2.75, 3.05) is 6.61 Å². The first-order chi connectivity index (χ1) is 14.1. The standard InChI is InChI=1S/C26H38O3Si/c1-7-14-24(27)21(3)25(28)20(2)19-29-30(26(4,5)6,22-15-10-8-11-16-22)23-17-12-9-13-18-23/h7-13,15-18,20-21,24-25,27-28H,1,14,19H2,2-6H3/t20-,21-,24+,25+/m0/s1. The van der Waals surface area contributed by atoms with E-state index in [-0.39, 0.29) is 16.9 Å². The zero-order chi connectivity index (χ0) is 22.4. The van der Waals surface area contributed by atoms with Gasteiger partial charge in [-0.1, -0.05) is 101 Å². The molecule has 0 heterocycles. The van der Waals surface area contributed by atoms with E-state index >= 15 is 0 Å². The maximum absolute atomic E-state index is 10.9. The Bertz CT molecular complexity index is 730. The second-order valence-corrected chi connectivity index (χ2v) is 13.7. The molecule has 0 fully saturated rings. The fraction of sp³-hybridized carbons (Fsp3) is 0.462. The van der Waals surface area contributed by atoms with Crippen LogP contribution in [0.5, 0.6) is 0 Å². The fourth-order valence-corrected chi connectivity index (χ4v) is 8.92. The summed E-state index contributed by atoms with van der Waals surface area (Å²) < 4.78 is 6.92. The van der Waals surface area contributed by atoms with E-state index in [2.05, 4.69) is 75.9 Å². The largest absolute Gasteiger partial charge is 0.407 e. The van der Waals surface area contributed by atoms with E-state index in [4.69, 9.17) is 4.43 Å². The Hall–Kier alpha value is -1.72. The van der Waals surface area contributed by atoms with Crippen molar-refractivity contribution in [3.63, 3.8) is 0 Å². The van der Waals surface area contributed by atoms with Crippen LogP contribution in [0.25, 0.3) is 0 Å². The van der Waals surface area contributed by atoms with Crippen LogP contribution in [-0.4, -0.2) is 37.3 Å². The molecule has 0 saturated heterocycles. The molecule has 0 spiro atoms. The third kappa shape index (κ3) is 5.30. The Morgan fingerprint density at radius 3 is 1.80 bits per heavy atom. The molecule has 2 N–H and O–H groups in total.